The van der Waals surface area contributed by atoms with Crippen molar-refractivity contribution in [2.75, 3.05) is 12.8 Å². The zero-order valence-electron chi connectivity index (χ0n) is 18.2. The summed E-state index contributed by atoms with van der Waals surface area (Å²) < 4.78 is 31.5. The first-order valence-electron chi connectivity index (χ1n) is 10.8. The molecule has 1 aromatic rings. The first-order valence-corrected chi connectivity index (χ1v) is 20.2. The molecule has 0 saturated heterocycles. The van der Waals surface area contributed by atoms with Gasteiger partial charge in [0.25, 0.3) is 0 Å². The predicted molar refractivity (Wildman–Crippen MR) is 122 cm³/mol. The maximum absolute atomic E-state index is 11.4. The van der Waals surface area contributed by atoms with Gasteiger partial charge in [0.2, 0.25) is 0 Å². The van der Waals surface area contributed by atoms with Crippen molar-refractivity contribution < 1.29 is 8.42 Å². The minimum atomic E-state index is -3.13. The van der Waals surface area contributed by atoms with Crippen molar-refractivity contribution >= 4 is 32.0 Å². The van der Waals surface area contributed by atoms with E-state index in [-0.39, 0.29) is 5.92 Å². The molecule has 0 aliphatic carbocycles. The van der Waals surface area contributed by atoms with Gasteiger partial charge >= 0.3 is 173 Å². The van der Waals surface area contributed by atoms with E-state index >= 15 is 0 Å². The van der Waals surface area contributed by atoms with E-state index < -0.39 is 28.4 Å². The van der Waals surface area contributed by atoms with Crippen molar-refractivity contribution in [1.29, 1.82) is 0 Å². The molecule has 0 saturated carbocycles. The van der Waals surface area contributed by atoms with Crippen LogP contribution < -0.4 is 8.30 Å². The molecule has 1 N–H and O–H groups in total. The number of benzene rings is 1. The van der Waals surface area contributed by atoms with E-state index in [1.807, 2.05) is 0 Å². The average molecular weight is 502 g/mol. The van der Waals surface area contributed by atoms with E-state index in [4.69, 9.17) is 0 Å². The number of rotatable bonds is 14. The van der Waals surface area contributed by atoms with E-state index in [9.17, 15) is 8.42 Å². The molecule has 1 unspecified atom stereocenters. The van der Waals surface area contributed by atoms with Crippen molar-refractivity contribution in [3.05, 3.63) is 29.8 Å². The Kier molecular flexibility index (Phi) is 11.5. The van der Waals surface area contributed by atoms with Gasteiger partial charge in [0.05, 0.1) is 0 Å². The van der Waals surface area contributed by atoms with Gasteiger partial charge < -0.3 is 0 Å². The van der Waals surface area contributed by atoms with Gasteiger partial charge in [0.1, 0.15) is 0 Å². The molecule has 0 aromatic heterocycles. The van der Waals surface area contributed by atoms with E-state index in [0.29, 0.717) is 6.54 Å². The second-order valence-electron chi connectivity index (χ2n) is 8.23. The Balaban J connectivity index is 3.03. The van der Waals surface area contributed by atoms with Gasteiger partial charge in [-0.1, -0.05) is 0 Å². The summed E-state index contributed by atoms with van der Waals surface area (Å²) in [5.74, 6) is 0.195. The van der Waals surface area contributed by atoms with Crippen molar-refractivity contribution in [2.24, 2.45) is 0 Å². The van der Waals surface area contributed by atoms with Crippen molar-refractivity contribution in [2.45, 2.75) is 85.4 Å². The summed E-state index contributed by atoms with van der Waals surface area (Å²) in [6.07, 6.45) is 9.23. The zero-order valence-corrected chi connectivity index (χ0v) is 21.9. The van der Waals surface area contributed by atoms with Gasteiger partial charge in [-0.25, -0.2) is 0 Å². The first-order chi connectivity index (χ1) is 12.8. The van der Waals surface area contributed by atoms with Gasteiger partial charge in [-0.05, 0) is 0 Å². The van der Waals surface area contributed by atoms with Crippen LogP contribution >= 0.6 is 0 Å². The van der Waals surface area contributed by atoms with Crippen LogP contribution in [-0.2, 0) is 10.0 Å². The van der Waals surface area contributed by atoms with Crippen LogP contribution in [0.15, 0.2) is 24.3 Å². The Bertz CT molecular complexity index is 606. The molecule has 1 aromatic carbocycles. The molecule has 0 amide bonds. The summed E-state index contributed by atoms with van der Waals surface area (Å²) in [7, 11) is -3.13. The van der Waals surface area contributed by atoms with E-state index in [1.54, 1.807) is 3.58 Å². The second-order valence-corrected chi connectivity index (χ2v) is 23.3. The standard InChI is InChI=1S/C10H14NO2S.3C4H9.Sn/c1-9(8-11-14(2,12)13)10-6-4-3-5-7-10;3*1-3-4-2;/h4-7,9,11H,8H2,1-2H3;3*1,3-4H2,2H3;. The Labute approximate surface area is 172 Å². The number of sulfonamides is 1. The van der Waals surface area contributed by atoms with Gasteiger partial charge in [0, 0.05) is 0 Å². The molecular formula is C22H41NO2SSn. The molecule has 1 atom stereocenters. The second kappa shape index (κ2) is 12.5. The molecule has 0 bridgehead atoms. The predicted octanol–water partition coefficient (Wildman–Crippen LogP) is 5.40. The Morgan fingerprint density at radius 1 is 0.889 bits per heavy atom. The molecule has 0 aliphatic rings. The Hall–Kier alpha value is -0.0713. The van der Waals surface area contributed by atoms with Crippen LogP contribution in [0.5, 0.6) is 0 Å². The van der Waals surface area contributed by atoms with Crippen LogP contribution in [0.3, 0.4) is 0 Å². The Morgan fingerprint density at radius 3 is 1.70 bits per heavy atom. The summed E-state index contributed by atoms with van der Waals surface area (Å²) in [5, 5.41) is 0. The monoisotopic (exact) mass is 503 g/mol. The van der Waals surface area contributed by atoms with Gasteiger partial charge in [-0.3, -0.25) is 0 Å². The van der Waals surface area contributed by atoms with E-state index in [0.717, 1.165) is 0 Å². The first kappa shape index (κ1) is 25.0. The quantitative estimate of drug-likeness (QED) is 0.347. The third kappa shape index (κ3) is 8.86. The SMILES string of the molecule is CCC[CH2][Sn]([CH2]CCC)([CH2]CCC)[c]1ccc(C(C)CNS(C)(=O)=O)cc1. The minimum absolute atomic E-state index is 0.195. The van der Waals surface area contributed by atoms with Crippen molar-refractivity contribution in [1.82, 2.24) is 4.72 Å². The van der Waals surface area contributed by atoms with Crippen molar-refractivity contribution in [3.63, 3.8) is 0 Å². The Morgan fingerprint density at radius 2 is 1.33 bits per heavy atom. The van der Waals surface area contributed by atoms with E-state index in [1.165, 1.54) is 63.7 Å². The average Bonchev–Trinajstić information content (AvgIpc) is 2.65. The van der Waals surface area contributed by atoms with Crippen LogP contribution in [-0.4, -0.2) is 39.6 Å². The molecule has 0 heterocycles. The topological polar surface area (TPSA) is 46.2 Å². The van der Waals surface area contributed by atoms with E-state index in [2.05, 4.69) is 56.7 Å². The number of nitrogens with one attached hydrogen (secondary N) is 1. The summed E-state index contributed by atoms with van der Waals surface area (Å²) in [6.45, 7) is 9.50. The third-order valence-corrected chi connectivity index (χ3v) is 22.1. The van der Waals surface area contributed by atoms with Crippen LogP contribution in [0.25, 0.3) is 0 Å². The fraction of sp³-hybridized carbons (Fsp3) is 0.727. The van der Waals surface area contributed by atoms with Crippen LogP contribution in [0.1, 0.15) is 77.7 Å². The van der Waals surface area contributed by atoms with Crippen molar-refractivity contribution in [3.8, 4) is 0 Å². The molecule has 3 nitrogen and oxygen atoms in total. The number of hydrogen-bond donors (Lipinski definition) is 1. The zero-order chi connectivity index (χ0) is 20.3. The molecule has 5 heteroatoms. The molecule has 0 spiro atoms. The molecule has 27 heavy (non-hydrogen) atoms. The molecule has 0 aliphatic heterocycles. The molecule has 0 fully saturated rings. The maximum atomic E-state index is 11.4. The third-order valence-electron chi connectivity index (χ3n) is 5.77. The fourth-order valence-corrected chi connectivity index (χ4v) is 20.4. The van der Waals surface area contributed by atoms with Gasteiger partial charge in [-0.15, -0.1) is 0 Å². The van der Waals surface area contributed by atoms with Gasteiger partial charge in [0.15, 0.2) is 0 Å². The number of hydrogen-bond acceptors (Lipinski definition) is 2. The van der Waals surface area contributed by atoms with Crippen LogP contribution in [0.4, 0.5) is 0 Å². The summed E-state index contributed by atoms with van der Waals surface area (Å²) in [4.78, 5) is 0. The van der Waals surface area contributed by atoms with Crippen LogP contribution in [0, 0.1) is 0 Å². The number of unbranched alkanes of at least 4 members (excludes halogenated alkanes) is 3. The molecule has 1 rings (SSSR count). The molecular weight excluding hydrogens is 461 g/mol. The fourth-order valence-electron chi connectivity index (χ4n) is 3.91. The summed E-state index contributed by atoms with van der Waals surface area (Å²) in [6, 6.07) is 9.34. The van der Waals surface area contributed by atoms with Gasteiger partial charge in [-0.2, -0.15) is 0 Å². The summed E-state index contributed by atoms with van der Waals surface area (Å²) in [5.41, 5.74) is 1.23. The normalized spacial score (nSPS) is 13.7. The van der Waals surface area contributed by atoms with Crippen LogP contribution in [0.2, 0.25) is 13.3 Å². The molecule has 156 valence electrons. The summed E-state index contributed by atoms with van der Waals surface area (Å²) >= 11 is -2.35. The molecule has 0 radical (unpaired) electrons.